The van der Waals surface area contributed by atoms with Gasteiger partial charge in [-0.15, -0.1) is 0 Å². The van der Waals surface area contributed by atoms with Gasteiger partial charge in [-0.2, -0.15) is 10.5 Å². The van der Waals surface area contributed by atoms with Gasteiger partial charge in [0.15, 0.2) is 0 Å². The summed E-state index contributed by atoms with van der Waals surface area (Å²) in [6.07, 6.45) is -0.884. The second-order valence-electron chi connectivity index (χ2n) is 2.86. The summed E-state index contributed by atoms with van der Waals surface area (Å²) in [5.74, 6) is -1.41. The minimum atomic E-state index is -0.861. The number of imide groups is 2. The third-order valence-electron chi connectivity index (χ3n) is 1.78. The molecule has 0 aliphatic carbocycles. The van der Waals surface area contributed by atoms with Crippen molar-refractivity contribution in [2.75, 3.05) is 14.1 Å². The summed E-state index contributed by atoms with van der Waals surface area (Å²) in [5, 5.41) is 16.5. The first kappa shape index (κ1) is 13.6. The molecule has 0 heterocycles. The van der Waals surface area contributed by atoms with Crippen LogP contribution in [0.1, 0.15) is 12.8 Å². The van der Waals surface area contributed by atoms with Crippen LogP contribution in [-0.2, 0) is 9.59 Å². The van der Waals surface area contributed by atoms with Gasteiger partial charge < -0.3 is 0 Å². The number of rotatable bonds is 2. The fourth-order valence-corrected chi connectivity index (χ4v) is 0.811. The average Bonchev–Trinajstić information content (AvgIpc) is 2.26. The van der Waals surface area contributed by atoms with E-state index >= 15 is 0 Å². The van der Waals surface area contributed by atoms with Crippen molar-refractivity contribution in [1.82, 2.24) is 9.80 Å². The van der Waals surface area contributed by atoms with Gasteiger partial charge in [-0.25, -0.2) is 4.79 Å². The first-order valence-electron chi connectivity index (χ1n) is 4.26. The van der Waals surface area contributed by atoms with Crippen molar-refractivity contribution in [3.8, 4) is 12.1 Å². The standard InChI is InChI=1S/C9H10N4O3/c1-12(7(14)3-5-10)9(16)13(2)8(15)4-6-11/h3-4H2,1-2H3. The zero-order valence-corrected chi connectivity index (χ0v) is 8.93. The number of nitrogens with zero attached hydrogens (tertiary/aromatic N) is 4. The van der Waals surface area contributed by atoms with Gasteiger partial charge in [-0.1, -0.05) is 0 Å². The van der Waals surface area contributed by atoms with Gasteiger partial charge in [0.2, 0.25) is 11.8 Å². The second-order valence-corrected chi connectivity index (χ2v) is 2.86. The highest BCUT2D eigenvalue weighted by Crippen LogP contribution is 1.99. The molecule has 0 fully saturated rings. The Morgan fingerprint density at radius 3 is 1.50 bits per heavy atom. The first-order chi connectivity index (χ1) is 7.45. The van der Waals surface area contributed by atoms with Crippen LogP contribution in [0.15, 0.2) is 0 Å². The molecular weight excluding hydrogens is 212 g/mol. The molecule has 0 radical (unpaired) electrons. The number of nitriles is 2. The summed E-state index contributed by atoms with van der Waals surface area (Å²) >= 11 is 0. The molecule has 7 nitrogen and oxygen atoms in total. The zero-order chi connectivity index (χ0) is 12.7. The minimum Gasteiger partial charge on any atom is -0.273 e. The number of hydrogen-bond acceptors (Lipinski definition) is 5. The van der Waals surface area contributed by atoms with Crippen LogP contribution in [0, 0.1) is 22.7 Å². The van der Waals surface area contributed by atoms with Crippen LogP contribution in [-0.4, -0.2) is 41.7 Å². The molecule has 0 aliphatic heterocycles. The number of hydrogen-bond donors (Lipinski definition) is 0. The molecule has 0 aromatic rings. The Labute approximate surface area is 92.4 Å². The molecule has 0 aliphatic rings. The molecule has 0 atom stereocenters. The molecule has 0 spiro atoms. The predicted octanol–water partition coefficient (Wildman–Crippen LogP) is -0.149. The number of urea groups is 1. The van der Waals surface area contributed by atoms with E-state index in [1.54, 1.807) is 12.1 Å². The molecule has 0 aromatic carbocycles. The molecule has 16 heavy (non-hydrogen) atoms. The van der Waals surface area contributed by atoms with E-state index in [0.29, 0.717) is 9.80 Å². The zero-order valence-electron chi connectivity index (χ0n) is 8.93. The van der Waals surface area contributed by atoms with Gasteiger partial charge >= 0.3 is 6.03 Å². The van der Waals surface area contributed by atoms with Crippen molar-refractivity contribution in [3.05, 3.63) is 0 Å². The van der Waals surface area contributed by atoms with Crippen molar-refractivity contribution in [2.24, 2.45) is 0 Å². The van der Waals surface area contributed by atoms with Crippen LogP contribution in [0.3, 0.4) is 0 Å². The molecule has 84 valence electrons. The van der Waals surface area contributed by atoms with Crippen LogP contribution in [0.4, 0.5) is 4.79 Å². The highest BCUT2D eigenvalue weighted by Gasteiger charge is 2.24. The Bertz CT molecular complexity index is 355. The van der Waals surface area contributed by atoms with Crippen LogP contribution < -0.4 is 0 Å². The van der Waals surface area contributed by atoms with E-state index in [1.165, 1.54) is 0 Å². The summed E-state index contributed by atoms with van der Waals surface area (Å²) in [4.78, 5) is 35.1. The van der Waals surface area contributed by atoms with Crippen molar-refractivity contribution in [2.45, 2.75) is 12.8 Å². The largest absolute Gasteiger partial charge is 0.332 e. The lowest BCUT2D eigenvalue weighted by molar-refractivity contribution is -0.129. The molecule has 4 amide bonds. The molecule has 0 N–H and O–H groups in total. The van der Waals surface area contributed by atoms with Gasteiger partial charge in [0.25, 0.3) is 0 Å². The Kier molecular flexibility index (Phi) is 5.22. The third-order valence-corrected chi connectivity index (χ3v) is 1.78. The summed E-state index contributed by atoms with van der Waals surface area (Å²) in [5.41, 5.74) is 0. The number of carbonyl (C=O) groups excluding carboxylic acids is 3. The topological polar surface area (TPSA) is 105 Å². The highest BCUT2D eigenvalue weighted by atomic mass is 16.2. The van der Waals surface area contributed by atoms with Crippen molar-refractivity contribution in [3.63, 3.8) is 0 Å². The summed E-state index contributed by atoms with van der Waals surface area (Å²) < 4.78 is 0. The Balaban J connectivity index is 4.57. The molecule has 7 heteroatoms. The van der Waals surface area contributed by atoms with Gasteiger partial charge in [-0.05, 0) is 0 Å². The summed E-state index contributed by atoms with van der Waals surface area (Å²) in [6.45, 7) is 0. The summed E-state index contributed by atoms with van der Waals surface area (Å²) in [6, 6.07) is 2.33. The fourth-order valence-electron chi connectivity index (χ4n) is 0.811. The third kappa shape index (κ3) is 3.39. The smallest absolute Gasteiger partial charge is 0.273 e. The van der Waals surface area contributed by atoms with Crippen molar-refractivity contribution in [1.29, 1.82) is 10.5 Å². The van der Waals surface area contributed by atoms with Crippen LogP contribution in [0.5, 0.6) is 0 Å². The Hall–Kier alpha value is -2.41. The van der Waals surface area contributed by atoms with Gasteiger partial charge in [0.05, 0.1) is 12.1 Å². The van der Waals surface area contributed by atoms with Gasteiger partial charge in [0.1, 0.15) is 12.8 Å². The van der Waals surface area contributed by atoms with Crippen molar-refractivity contribution < 1.29 is 14.4 Å². The van der Waals surface area contributed by atoms with Crippen LogP contribution >= 0.6 is 0 Å². The monoisotopic (exact) mass is 222 g/mol. The maximum atomic E-state index is 11.5. The molecule has 0 saturated heterocycles. The highest BCUT2D eigenvalue weighted by molar-refractivity contribution is 6.02. The Morgan fingerprint density at radius 1 is 0.938 bits per heavy atom. The molecule has 0 bridgehead atoms. The predicted molar refractivity (Wildman–Crippen MR) is 51.4 cm³/mol. The Morgan fingerprint density at radius 2 is 1.25 bits per heavy atom. The fraction of sp³-hybridized carbons (Fsp3) is 0.444. The van der Waals surface area contributed by atoms with Gasteiger partial charge in [0, 0.05) is 14.1 Å². The molecule has 0 unspecified atom stereocenters. The van der Waals surface area contributed by atoms with Crippen LogP contribution in [0.25, 0.3) is 0 Å². The lowest BCUT2D eigenvalue weighted by atomic mass is 10.4. The number of amides is 4. The average molecular weight is 222 g/mol. The molecular formula is C9H10N4O3. The van der Waals surface area contributed by atoms with E-state index in [9.17, 15) is 14.4 Å². The minimum absolute atomic E-state index is 0.442. The quantitative estimate of drug-likeness (QED) is 0.646. The van der Waals surface area contributed by atoms with E-state index in [1.807, 2.05) is 0 Å². The molecule has 0 aromatic heterocycles. The lowest BCUT2D eigenvalue weighted by Gasteiger charge is -2.20. The molecule has 0 saturated carbocycles. The first-order valence-corrected chi connectivity index (χ1v) is 4.26. The summed E-state index contributed by atoms with van der Waals surface area (Å²) in [7, 11) is 2.33. The van der Waals surface area contributed by atoms with E-state index in [0.717, 1.165) is 14.1 Å². The van der Waals surface area contributed by atoms with E-state index in [4.69, 9.17) is 10.5 Å². The molecule has 0 rings (SSSR count). The lowest BCUT2D eigenvalue weighted by Crippen LogP contribution is -2.44. The number of carbonyl (C=O) groups is 3. The maximum absolute atomic E-state index is 11.5. The van der Waals surface area contributed by atoms with E-state index < -0.39 is 30.7 Å². The second kappa shape index (κ2) is 6.14. The normalized spacial score (nSPS) is 8.50. The van der Waals surface area contributed by atoms with Crippen molar-refractivity contribution >= 4 is 17.8 Å². The SMILES string of the molecule is CN(C(=O)CC#N)C(=O)N(C)C(=O)CC#N. The maximum Gasteiger partial charge on any atom is 0.332 e. The van der Waals surface area contributed by atoms with Gasteiger partial charge in [-0.3, -0.25) is 19.4 Å². The van der Waals surface area contributed by atoms with Crippen LogP contribution in [0.2, 0.25) is 0 Å². The van der Waals surface area contributed by atoms with E-state index in [-0.39, 0.29) is 0 Å². The van der Waals surface area contributed by atoms with E-state index in [2.05, 4.69) is 0 Å².